The van der Waals surface area contributed by atoms with Crippen molar-refractivity contribution in [2.75, 3.05) is 5.73 Å². The van der Waals surface area contributed by atoms with E-state index in [9.17, 15) is 4.79 Å². The average Bonchev–Trinajstić information content (AvgIpc) is 2.81. The standard InChI is InChI=1S/C14H19ClN2O/c1-9(10-4-2-3-5-10)17-14(18)12-7-6-11(15)8-13(12)16/h6-10H,2-5,16H2,1H3,(H,17,18). The van der Waals surface area contributed by atoms with Gasteiger partial charge in [-0.25, -0.2) is 0 Å². The van der Waals surface area contributed by atoms with Crippen LogP contribution in [0, 0.1) is 5.92 Å². The van der Waals surface area contributed by atoms with E-state index in [1.165, 1.54) is 25.7 Å². The van der Waals surface area contributed by atoms with Crippen molar-refractivity contribution in [3.05, 3.63) is 28.8 Å². The number of rotatable bonds is 3. The minimum absolute atomic E-state index is 0.108. The Morgan fingerprint density at radius 3 is 2.72 bits per heavy atom. The normalized spacial score (nSPS) is 17.7. The van der Waals surface area contributed by atoms with Gasteiger partial charge in [0.2, 0.25) is 0 Å². The molecule has 0 aromatic heterocycles. The molecule has 0 spiro atoms. The molecular formula is C14H19ClN2O. The molecule has 2 rings (SSSR count). The molecule has 1 aliphatic carbocycles. The summed E-state index contributed by atoms with van der Waals surface area (Å²) in [6.07, 6.45) is 4.96. The molecule has 1 aromatic carbocycles. The number of halogens is 1. The fraction of sp³-hybridized carbons (Fsp3) is 0.500. The monoisotopic (exact) mass is 266 g/mol. The van der Waals surface area contributed by atoms with Crippen LogP contribution < -0.4 is 11.1 Å². The van der Waals surface area contributed by atoms with Crippen LogP contribution in [0.2, 0.25) is 5.02 Å². The second-order valence-corrected chi connectivity index (χ2v) is 5.47. The molecule has 0 aliphatic heterocycles. The lowest BCUT2D eigenvalue weighted by Crippen LogP contribution is -2.37. The highest BCUT2D eigenvalue weighted by molar-refractivity contribution is 6.31. The van der Waals surface area contributed by atoms with Crippen LogP contribution >= 0.6 is 11.6 Å². The number of amides is 1. The van der Waals surface area contributed by atoms with E-state index in [-0.39, 0.29) is 11.9 Å². The van der Waals surface area contributed by atoms with Crippen molar-refractivity contribution in [2.24, 2.45) is 5.92 Å². The second kappa shape index (κ2) is 5.61. The first-order valence-corrected chi connectivity index (χ1v) is 6.81. The van der Waals surface area contributed by atoms with E-state index in [4.69, 9.17) is 17.3 Å². The maximum absolute atomic E-state index is 12.1. The summed E-state index contributed by atoms with van der Waals surface area (Å²) in [5, 5.41) is 3.59. The van der Waals surface area contributed by atoms with Gasteiger partial charge in [-0.15, -0.1) is 0 Å². The van der Waals surface area contributed by atoms with Crippen LogP contribution in [-0.2, 0) is 0 Å². The van der Waals surface area contributed by atoms with Crippen molar-refractivity contribution in [2.45, 2.75) is 38.6 Å². The first-order chi connectivity index (χ1) is 8.58. The van der Waals surface area contributed by atoms with Crippen LogP contribution in [0.3, 0.4) is 0 Å². The Morgan fingerprint density at radius 2 is 2.11 bits per heavy atom. The number of nitrogens with one attached hydrogen (secondary N) is 1. The van der Waals surface area contributed by atoms with Gasteiger partial charge in [0.15, 0.2) is 0 Å². The van der Waals surface area contributed by atoms with Crippen LogP contribution in [-0.4, -0.2) is 11.9 Å². The van der Waals surface area contributed by atoms with E-state index in [1.54, 1.807) is 18.2 Å². The maximum Gasteiger partial charge on any atom is 0.253 e. The van der Waals surface area contributed by atoms with Gasteiger partial charge in [0.25, 0.3) is 5.91 Å². The Bertz CT molecular complexity index is 441. The van der Waals surface area contributed by atoms with E-state index in [1.807, 2.05) is 0 Å². The Hall–Kier alpha value is -1.22. The summed E-state index contributed by atoms with van der Waals surface area (Å²) in [6.45, 7) is 2.07. The summed E-state index contributed by atoms with van der Waals surface area (Å²) in [5.74, 6) is 0.492. The van der Waals surface area contributed by atoms with Crippen molar-refractivity contribution in [1.29, 1.82) is 0 Å². The molecule has 0 bridgehead atoms. The number of carbonyl (C=O) groups excluding carboxylic acids is 1. The van der Waals surface area contributed by atoms with Gasteiger partial charge in [-0.3, -0.25) is 4.79 Å². The van der Waals surface area contributed by atoms with Gasteiger partial charge in [-0.1, -0.05) is 24.4 Å². The zero-order chi connectivity index (χ0) is 13.1. The van der Waals surface area contributed by atoms with E-state index in [2.05, 4.69) is 12.2 Å². The molecule has 3 nitrogen and oxygen atoms in total. The second-order valence-electron chi connectivity index (χ2n) is 5.04. The molecule has 1 unspecified atom stereocenters. The fourth-order valence-corrected chi connectivity index (χ4v) is 2.78. The summed E-state index contributed by atoms with van der Waals surface area (Å²) >= 11 is 5.82. The fourth-order valence-electron chi connectivity index (χ4n) is 2.60. The van der Waals surface area contributed by atoms with Crippen LogP contribution in [0.4, 0.5) is 5.69 Å². The van der Waals surface area contributed by atoms with E-state index in [0.29, 0.717) is 22.2 Å². The number of hydrogen-bond acceptors (Lipinski definition) is 2. The largest absolute Gasteiger partial charge is 0.398 e. The van der Waals surface area contributed by atoms with Gasteiger partial charge in [0.1, 0.15) is 0 Å². The molecule has 4 heteroatoms. The third-order valence-corrected chi connectivity index (χ3v) is 3.96. The molecule has 1 saturated carbocycles. The summed E-state index contributed by atoms with van der Waals surface area (Å²) in [7, 11) is 0. The SMILES string of the molecule is CC(NC(=O)c1ccc(Cl)cc1N)C1CCCC1. The molecular weight excluding hydrogens is 248 g/mol. The summed E-state index contributed by atoms with van der Waals surface area (Å²) in [6, 6.07) is 5.17. The molecule has 1 atom stereocenters. The van der Waals surface area contributed by atoms with Crippen molar-refractivity contribution >= 4 is 23.2 Å². The highest BCUT2D eigenvalue weighted by Crippen LogP contribution is 2.28. The molecule has 18 heavy (non-hydrogen) atoms. The lowest BCUT2D eigenvalue weighted by molar-refractivity contribution is 0.0928. The number of hydrogen-bond donors (Lipinski definition) is 2. The molecule has 1 aromatic rings. The highest BCUT2D eigenvalue weighted by atomic mass is 35.5. The minimum atomic E-state index is -0.108. The first-order valence-electron chi connectivity index (χ1n) is 6.44. The van der Waals surface area contributed by atoms with Crippen LogP contribution in [0.5, 0.6) is 0 Å². The van der Waals surface area contributed by atoms with Gasteiger partial charge in [0, 0.05) is 16.8 Å². The predicted octanol–water partition coefficient (Wildman–Crippen LogP) is 3.23. The van der Waals surface area contributed by atoms with Gasteiger partial charge in [0.05, 0.1) is 5.56 Å². The van der Waals surface area contributed by atoms with Gasteiger partial charge >= 0.3 is 0 Å². The Balaban J connectivity index is 2.02. The predicted molar refractivity (Wildman–Crippen MR) is 74.8 cm³/mol. The summed E-state index contributed by atoms with van der Waals surface area (Å²) in [5.41, 5.74) is 6.74. The van der Waals surface area contributed by atoms with E-state index in [0.717, 1.165) is 0 Å². The zero-order valence-electron chi connectivity index (χ0n) is 10.6. The van der Waals surface area contributed by atoms with E-state index < -0.39 is 0 Å². The number of carbonyl (C=O) groups is 1. The maximum atomic E-state index is 12.1. The number of benzene rings is 1. The van der Waals surface area contributed by atoms with Gasteiger partial charge in [-0.2, -0.15) is 0 Å². The number of nitrogen functional groups attached to an aromatic ring is 1. The molecule has 1 amide bonds. The highest BCUT2D eigenvalue weighted by Gasteiger charge is 2.23. The van der Waals surface area contributed by atoms with Crippen molar-refractivity contribution in [3.63, 3.8) is 0 Å². The zero-order valence-corrected chi connectivity index (χ0v) is 11.3. The van der Waals surface area contributed by atoms with E-state index >= 15 is 0 Å². The lowest BCUT2D eigenvalue weighted by Gasteiger charge is -2.20. The smallest absolute Gasteiger partial charge is 0.253 e. The molecule has 1 aliphatic rings. The molecule has 0 saturated heterocycles. The molecule has 3 N–H and O–H groups in total. The quantitative estimate of drug-likeness (QED) is 0.826. The summed E-state index contributed by atoms with van der Waals surface area (Å²) < 4.78 is 0. The molecule has 98 valence electrons. The van der Waals surface area contributed by atoms with Gasteiger partial charge < -0.3 is 11.1 Å². The Kier molecular flexibility index (Phi) is 4.12. The van der Waals surface area contributed by atoms with Gasteiger partial charge in [-0.05, 0) is 43.9 Å². The molecule has 0 heterocycles. The topological polar surface area (TPSA) is 55.1 Å². The minimum Gasteiger partial charge on any atom is -0.398 e. The Labute approximate surface area is 113 Å². The number of anilines is 1. The van der Waals surface area contributed by atoms with Crippen LogP contribution in [0.15, 0.2) is 18.2 Å². The molecule has 0 radical (unpaired) electrons. The lowest BCUT2D eigenvalue weighted by atomic mass is 9.99. The van der Waals surface area contributed by atoms with Crippen molar-refractivity contribution in [1.82, 2.24) is 5.32 Å². The average molecular weight is 267 g/mol. The first kappa shape index (κ1) is 13.2. The van der Waals surface area contributed by atoms with Crippen LogP contribution in [0.25, 0.3) is 0 Å². The van der Waals surface area contributed by atoms with Crippen molar-refractivity contribution < 1.29 is 4.79 Å². The third kappa shape index (κ3) is 2.96. The third-order valence-electron chi connectivity index (χ3n) is 3.72. The number of nitrogens with two attached hydrogens (primary N) is 1. The van der Waals surface area contributed by atoms with Crippen molar-refractivity contribution in [3.8, 4) is 0 Å². The molecule has 1 fully saturated rings. The summed E-state index contributed by atoms with van der Waals surface area (Å²) in [4.78, 5) is 12.1. The van der Waals surface area contributed by atoms with Crippen LogP contribution in [0.1, 0.15) is 43.0 Å². The Morgan fingerprint density at radius 1 is 1.44 bits per heavy atom.